The first kappa shape index (κ1) is 15.5. The average molecular weight is 355 g/mol. The topological polar surface area (TPSA) is 64.8 Å². The maximum Gasteiger partial charge on any atom is 0.340 e. The lowest BCUT2D eigenvalue weighted by atomic mass is 9.86. The molecule has 27 heavy (non-hydrogen) atoms. The van der Waals surface area contributed by atoms with Gasteiger partial charge in [0.1, 0.15) is 5.69 Å². The third kappa shape index (κ3) is 1.96. The van der Waals surface area contributed by atoms with Gasteiger partial charge in [-0.15, -0.1) is 0 Å². The van der Waals surface area contributed by atoms with Gasteiger partial charge in [-0.2, -0.15) is 0 Å². The molecule has 4 aromatic rings. The number of pyridine rings is 1. The molecule has 0 saturated heterocycles. The van der Waals surface area contributed by atoms with E-state index in [0.29, 0.717) is 16.6 Å². The summed E-state index contributed by atoms with van der Waals surface area (Å²) in [5, 5.41) is 1.81. The quantitative estimate of drug-likeness (QED) is 0.431. The summed E-state index contributed by atoms with van der Waals surface area (Å²) in [7, 11) is 1.27. The predicted octanol–water partition coefficient (Wildman–Crippen LogP) is 3.65. The van der Waals surface area contributed by atoms with E-state index in [9.17, 15) is 14.4 Å². The zero-order chi connectivity index (χ0) is 18.7. The average Bonchev–Trinajstić information content (AvgIpc) is 3.04. The summed E-state index contributed by atoms with van der Waals surface area (Å²) in [5.74, 6) is -1.25. The fourth-order valence-electron chi connectivity index (χ4n) is 3.82. The van der Waals surface area contributed by atoms with Crippen LogP contribution in [0.25, 0.3) is 16.3 Å². The molecule has 5 rings (SSSR count). The van der Waals surface area contributed by atoms with Crippen LogP contribution in [0.3, 0.4) is 0 Å². The number of carbonyl (C=O) groups is 3. The maximum atomic E-state index is 13.2. The van der Waals surface area contributed by atoms with Gasteiger partial charge in [-0.3, -0.25) is 9.59 Å². The van der Waals surface area contributed by atoms with Crippen molar-refractivity contribution in [2.24, 2.45) is 0 Å². The van der Waals surface area contributed by atoms with Crippen molar-refractivity contribution in [3.8, 4) is 0 Å². The highest BCUT2D eigenvalue weighted by atomic mass is 16.5. The summed E-state index contributed by atoms with van der Waals surface area (Å²) < 4.78 is 6.58. The minimum Gasteiger partial charge on any atom is -0.465 e. The molecule has 0 atom stereocenters. The number of benzene rings is 2. The van der Waals surface area contributed by atoms with Gasteiger partial charge in [-0.25, -0.2) is 4.79 Å². The number of esters is 1. The van der Waals surface area contributed by atoms with Crippen LogP contribution in [0.5, 0.6) is 0 Å². The summed E-state index contributed by atoms with van der Waals surface area (Å²) in [6, 6.07) is 16.1. The number of methoxy groups -OCH3 is 1. The minimum absolute atomic E-state index is 0.112. The molecule has 2 aromatic heterocycles. The van der Waals surface area contributed by atoms with Gasteiger partial charge in [-0.1, -0.05) is 48.5 Å². The second-order valence-corrected chi connectivity index (χ2v) is 6.45. The summed E-state index contributed by atoms with van der Waals surface area (Å²) in [4.78, 5) is 38.9. The molecule has 0 amide bonds. The zero-order valence-electron chi connectivity index (χ0n) is 14.4. The molecule has 0 bridgehead atoms. The fraction of sp³-hybridized carbons (Fsp3) is 0.0455. The van der Waals surface area contributed by atoms with Crippen molar-refractivity contribution in [3.05, 3.63) is 88.7 Å². The van der Waals surface area contributed by atoms with Crippen molar-refractivity contribution >= 4 is 33.8 Å². The number of carbonyl (C=O) groups excluding carboxylic acids is 3. The first-order valence-corrected chi connectivity index (χ1v) is 8.45. The molecule has 0 radical (unpaired) electrons. The molecular weight excluding hydrogens is 342 g/mol. The first-order chi connectivity index (χ1) is 13.1. The molecule has 0 unspecified atom stereocenters. The van der Waals surface area contributed by atoms with Crippen LogP contribution in [0.2, 0.25) is 0 Å². The van der Waals surface area contributed by atoms with Crippen molar-refractivity contribution in [3.63, 3.8) is 0 Å². The maximum absolute atomic E-state index is 13.2. The van der Waals surface area contributed by atoms with Gasteiger partial charge in [-0.05, 0) is 16.8 Å². The molecule has 1 aliphatic carbocycles. The van der Waals surface area contributed by atoms with Crippen LogP contribution in [-0.2, 0) is 4.74 Å². The molecule has 2 heterocycles. The molecular formula is C22H13NO4. The number of ketones is 2. The van der Waals surface area contributed by atoms with Gasteiger partial charge in [0.15, 0.2) is 5.78 Å². The van der Waals surface area contributed by atoms with Gasteiger partial charge in [0.2, 0.25) is 5.78 Å². The Labute approximate surface area is 153 Å². The Kier molecular flexibility index (Phi) is 3.09. The molecule has 0 spiro atoms. The van der Waals surface area contributed by atoms with E-state index in [1.54, 1.807) is 34.9 Å². The van der Waals surface area contributed by atoms with Crippen molar-refractivity contribution < 1.29 is 19.1 Å². The lowest BCUT2D eigenvalue weighted by Crippen LogP contribution is -2.22. The van der Waals surface area contributed by atoms with E-state index in [-0.39, 0.29) is 28.4 Å². The van der Waals surface area contributed by atoms with E-state index in [2.05, 4.69) is 0 Å². The van der Waals surface area contributed by atoms with Gasteiger partial charge in [0, 0.05) is 17.3 Å². The number of hydrogen-bond acceptors (Lipinski definition) is 4. The zero-order valence-corrected chi connectivity index (χ0v) is 14.4. The number of ether oxygens (including phenoxy) is 1. The Morgan fingerprint density at radius 2 is 1.52 bits per heavy atom. The fourth-order valence-corrected chi connectivity index (χ4v) is 3.82. The van der Waals surface area contributed by atoms with Crippen molar-refractivity contribution in [2.45, 2.75) is 0 Å². The Bertz CT molecular complexity index is 1310. The number of aromatic nitrogens is 1. The van der Waals surface area contributed by atoms with Gasteiger partial charge >= 0.3 is 5.97 Å². The number of nitrogens with zero attached hydrogens (tertiary/aromatic N) is 1. The second-order valence-electron chi connectivity index (χ2n) is 6.45. The van der Waals surface area contributed by atoms with Crippen LogP contribution in [0.1, 0.15) is 42.3 Å². The molecule has 0 aliphatic heterocycles. The third-order valence-electron chi connectivity index (χ3n) is 5.05. The largest absolute Gasteiger partial charge is 0.465 e. The number of rotatable bonds is 1. The van der Waals surface area contributed by atoms with Crippen LogP contribution in [-0.4, -0.2) is 29.0 Å². The molecule has 0 N–H and O–H groups in total. The minimum atomic E-state index is -0.635. The van der Waals surface area contributed by atoms with Crippen molar-refractivity contribution in [2.75, 3.05) is 7.11 Å². The van der Waals surface area contributed by atoms with E-state index in [0.717, 1.165) is 10.8 Å². The highest BCUT2D eigenvalue weighted by molar-refractivity contribution is 6.32. The Hall–Kier alpha value is -3.73. The van der Waals surface area contributed by atoms with Crippen LogP contribution in [0.15, 0.2) is 60.8 Å². The van der Waals surface area contributed by atoms with E-state index in [1.807, 2.05) is 30.3 Å². The molecule has 0 fully saturated rings. The molecule has 1 aliphatic rings. The van der Waals surface area contributed by atoms with E-state index < -0.39 is 5.97 Å². The lowest BCUT2D eigenvalue weighted by Gasteiger charge is -2.15. The molecule has 5 heteroatoms. The SMILES string of the molecule is COC(=O)c1c2c(n3cc4ccccc4cc13)C(=O)c1ccccc1C2=O. The summed E-state index contributed by atoms with van der Waals surface area (Å²) in [5.41, 5.74) is 1.59. The lowest BCUT2D eigenvalue weighted by molar-refractivity contribution is 0.0600. The molecule has 0 saturated carbocycles. The second kappa shape index (κ2) is 5.38. The summed E-state index contributed by atoms with van der Waals surface area (Å²) >= 11 is 0. The van der Waals surface area contributed by atoms with Crippen LogP contribution in [0.4, 0.5) is 0 Å². The number of fused-ring (bicyclic) bond motifs is 5. The van der Waals surface area contributed by atoms with E-state index >= 15 is 0 Å². The van der Waals surface area contributed by atoms with Crippen LogP contribution >= 0.6 is 0 Å². The van der Waals surface area contributed by atoms with Crippen molar-refractivity contribution in [1.82, 2.24) is 4.40 Å². The van der Waals surface area contributed by atoms with Gasteiger partial charge in [0.05, 0.1) is 23.8 Å². The van der Waals surface area contributed by atoms with E-state index in [4.69, 9.17) is 4.74 Å². The normalized spacial score (nSPS) is 12.9. The smallest absolute Gasteiger partial charge is 0.340 e. The highest BCUT2D eigenvalue weighted by Gasteiger charge is 2.38. The third-order valence-corrected chi connectivity index (χ3v) is 5.05. The monoisotopic (exact) mass is 355 g/mol. The van der Waals surface area contributed by atoms with Crippen LogP contribution in [0, 0.1) is 0 Å². The summed E-state index contributed by atoms with van der Waals surface area (Å²) in [6.45, 7) is 0. The summed E-state index contributed by atoms with van der Waals surface area (Å²) in [6.07, 6.45) is 1.79. The van der Waals surface area contributed by atoms with E-state index in [1.165, 1.54) is 7.11 Å². The Morgan fingerprint density at radius 3 is 2.22 bits per heavy atom. The molecule has 130 valence electrons. The van der Waals surface area contributed by atoms with Gasteiger partial charge < -0.3 is 9.14 Å². The molecule has 2 aromatic carbocycles. The first-order valence-electron chi connectivity index (χ1n) is 8.45. The van der Waals surface area contributed by atoms with Crippen molar-refractivity contribution in [1.29, 1.82) is 0 Å². The standard InChI is InChI=1S/C22H13NO4/c1-27-22(26)17-16-10-12-6-2-3-7-13(12)11-23(16)19-18(17)20(24)14-8-4-5-9-15(14)21(19)25/h2-11H,1H3. The van der Waals surface area contributed by atoms with Gasteiger partial charge in [0.25, 0.3) is 0 Å². The Morgan fingerprint density at radius 1 is 0.889 bits per heavy atom. The Balaban J connectivity index is 1.98. The highest BCUT2D eigenvalue weighted by Crippen LogP contribution is 2.35. The number of hydrogen-bond donors (Lipinski definition) is 0. The molecule has 5 nitrogen and oxygen atoms in total. The van der Waals surface area contributed by atoms with Crippen LogP contribution < -0.4 is 0 Å². The predicted molar refractivity (Wildman–Crippen MR) is 99.5 cm³/mol.